The number of rotatable bonds is 5. The van der Waals surface area contributed by atoms with Crippen LogP contribution in [-0.2, 0) is 4.74 Å². The maximum Gasteiger partial charge on any atom is 0.407 e. The zero-order valence-corrected chi connectivity index (χ0v) is 15.0. The Balaban J connectivity index is 1.91. The van der Waals surface area contributed by atoms with Crippen LogP contribution in [0, 0.1) is 11.7 Å². The van der Waals surface area contributed by atoms with Crippen molar-refractivity contribution in [1.29, 1.82) is 0 Å². The third kappa shape index (κ3) is 6.03. The van der Waals surface area contributed by atoms with Crippen molar-refractivity contribution in [2.45, 2.75) is 37.3 Å². The summed E-state index contributed by atoms with van der Waals surface area (Å²) in [4.78, 5) is 15.3. The topological polar surface area (TPSA) is 41.6 Å². The van der Waals surface area contributed by atoms with E-state index in [0.29, 0.717) is 5.92 Å². The van der Waals surface area contributed by atoms with E-state index in [1.165, 1.54) is 12.1 Å². The normalized spacial score (nSPS) is 17.4. The predicted octanol–water partition coefficient (Wildman–Crippen LogP) is 3.37. The maximum absolute atomic E-state index is 13.0. The molecule has 1 atom stereocenters. The Morgan fingerprint density at radius 3 is 2.52 bits per heavy atom. The lowest BCUT2D eigenvalue weighted by molar-refractivity contribution is 0.0424. The number of carbonyl (C=O) groups is 1. The van der Waals surface area contributed by atoms with E-state index in [0.717, 1.165) is 23.7 Å². The molecule has 6 heteroatoms. The molecule has 0 spiro atoms. The molecule has 1 N–H and O–H groups in total. The van der Waals surface area contributed by atoms with E-state index in [4.69, 9.17) is 4.74 Å². The van der Waals surface area contributed by atoms with Gasteiger partial charge in [0.2, 0.25) is 0 Å². The highest BCUT2D eigenvalue weighted by molar-refractivity contribution is 7.99. The lowest BCUT2D eigenvalue weighted by Crippen LogP contribution is -2.56. The second-order valence-corrected chi connectivity index (χ2v) is 8.09. The Bertz CT molecular complexity index is 524. The number of nitrogens with one attached hydrogen (secondary N) is 1. The van der Waals surface area contributed by atoms with Crippen molar-refractivity contribution in [2.24, 2.45) is 5.92 Å². The Hall–Kier alpha value is -1.27. The van der Waals surface area contributed by atoms with Gasteiger partial charge in [-0.3, -0.25) is 0 Å². The number of alkyl carbamates (subject to hydrolysis) is 1. The Kier molecular flexibility index (Phi) is 5.92. The summed E-state index contributed by atoms with van der Waals surface area (Å²) in [5, 5.41) is 2.99. The highest BCUT2D eigenvalue weighted by Gasteiger charge is 2.33. The van der Waals surface area contributed by atoms with Crippen LogP contribution in [0.3, 0.4) is 0 Å². The van der Waals surface area contributed by atoms with Gasteiger partial charge in [0.25, 0.3) is 0 Å². The minimum absolute atomic E-state index is 0.0381. The molecule has 1 amide bonds. The number of amides is 1. The van der Waals surface area contributed by atoms with Crippen molar-refractivity contribution < 1.29 is 13.9 Å². The summed E-state index contributed by atoms with van der Waals surface area (Å²) >= 11 is 1.62. The Labute approximate surface area is 141 Å². The van der Waals surface area contributed by atoms with Crippen molar-refractivity contribution in [3.63, 3.8) is 0 Å². The number of thioether (sulfide) groups is 1. The summed E-state index contributed by atoms with van der Waals surface area (Å²) in [5.41, 5.74) is -0.505. The second kappa shape index (κ2) is 7.53. The predicted molar refractivity (Wildman–Crippen MR) is 91.3 cm³/mol. The largest absolute Gasteiger partial charge is 0.444 e. The van der Waals surface area contributed by atoms with Gasteiger partial charge in [0.1, 0.15) is 11.4 Å². The highest BCUT2D eigenvalue weighted by Crippen LogP contribution is 2.25. The van der Waals surface area contributed by atoms with Crippen LogP contribution in [0.5, 0.6) is 0 Å². The van der Waals surface area contributed by atoms with E-state index >= 15 is 0 Å². The van der Waals surface area contributed by atoms with Gasteiger partial charge < -0.3 is 15.0 Å². The standard InChI is InChI=1S/C17H25FN2O2S/c1-17(2,3)22-16(21)19-15(12-9-20(4)10-12)11-23-14-7-5-13(18)6-8-14/h5-8,12,15H,9-11H2,1-4H3,(H,19,21). The first-order valence-corrected chi connectivity index (χ1v) is 8.78. The number of hydrogen-bond acceptors (Lipinski definition) is 4. The second-order valence-electron chi connectivity index (χ2n) is 7.00. The zero-order valence-electron chi connectivity index (χ0n) is 14.1. The lowest BCUT2D eigenvalue weighted by Gasteiger charge is -2.41. The summed E-state index contributed by atoms with van der Waals surface area (Å²) in [6.07, 6.45) is -0.378. The van der Waals surface area contributed by atoms with Crippen LogP contribution >= 0.6 is 11.8 Å². The Morgan fingerprint density at radius 2 is 2.00 bits per heavy atom. The fraction of sp³-hybridized carbons (Fsp3) is 0.588. The van der Waals surface area contributed by atoms with E-state index in [-0.39, 0.29) is 18.0 Å². The number of benzene rings is 1. The summed E-state index contributed by atoms with van der Waals surface area (Å²) in [7, 11) is 2.06. The van der Waals surface area contributed by atoms with Gasteiger partial charge in [-0.05, 0) is 52.1 Å². The van der Waals surface area contributed by atoms with Crippen LogP contribution in [0.4, 0.5) is 9.18 Å². The molecule has 1 aliphatic heterocycles. The molecule has 1 aromatic carbocycles. The van der Waals surface area contributed by atoms with Gasteiger partial charge in [-0.1, -0.05) is 0 Å². The highest BCUT2D eigenvalue weighted by atomic mass is 32.2. The van der Waals surface area contributed by atoms with Crippen molar-refractivity contribution >= 4 is 17.9 Å². The molecule has 4 nitrogen and oxygen atoms in total. The van der Waals surface area contributed by atoms with Gasteiger partial charge in [0.15, 0.2) is 0 Å². The molecular weight excluding hydrogens is 315 g/mol. The molecule has 128 valence electrons. The molecule has 1 heterocycles. The SMILES string of the molecule is CN1CC(C(CSc2ccc(F)cc2)NC(=O)OC(C)(C)C)C1. The number of nitrogens with zero attached hydrogens (tertiary/aromatic N) is 1. The van der Waals surface area contributed by atoms with Gasteiger partial charge in [-0.25, -0.2) is 9.18 Å². The molecule has 1 unspecified atom stereocenters. The molecule has 0 bridgehead atoms. The molecule has 0 aliphatic carbocycles. The van der Waals surface area contributed by atoms with Crippen molar-refractivity contribution in [3.05, 3.63) is 30.1 Å². The van der Waals surface area contributed by atoms with Gasteiger partial charge in [-0.2, -0.15) is 0 Å². The smallest absolute Gasteiger partial charge is 0.407 e. The molecular formula is C17H25FN2O2S. The van der Waals surface area contributed by atoms with Gasteiger partial charge >= 0.3 is 6.09 Å². The van der Waals surface area contributed by atoms with Crippen LogP contribution < -0.4 is 5.32 Å². The van der Waals surface area contributed by atoms with Crippen molar-refractivity contribution in [1.82, 2.24) is 10.2 Å². The molecule has 1 aliphatic rings. The van der Waals surface area contributed by atoms with E-state index in [1.54, 1.807) is 23.9 Å². The first-order valence-electron chi connectivity index (χ1n) is 7.79. The number of carbonyl (C=O) groups excluding carboxylic acids is 1. The molecule has 1 fully saturated rings. The van der Waals surface area contributed by atoms with Gasteiger partial charge in [0, 0.05) is 35.7 Å². The van der Waals surface area contributed by atoms with Crippen LogP contribution in [0.25, 0.3) is 0 Å². The fourth-order valence-electron chi connectivity index (χ4n) is 2.47. The fourth-order valence-corrected chi connectivity index (χ4v) is 3.53. The van der Waals surface area contributed by atoms with Crippen LogP contribution in [0.2, 0.25) is 0 Å². The first kappa shape index (κ1) is 18.1. The molecule has 1 saturated heterocycles. The summed E-state index contributed by atoms with van der Waals surface area (Å²) in [6.45, 7) is 7.48. The zero-order chi connectivity index (χ0) is 17.0. The summed E-state index contributed by atoms with van der Waals surface area (Å²) in [5.74, 6) is 0.919. The molecule has 2 rings (SSSR count). The van der Waals surface area contributed by atoms with E-state index in [9.17, 15) is 9.18 Å². The number of likely N-dealkylation sites (tertiary alicyclic amines) is 1. The van der Waals surface area contributed by atoms with Crippen LogP contribution in [0.1, 0.15) is 20.8 Å². The van der Waals surface area contributed by atoms with E-state index in [1.807, 2.05) is 20.8 Å². The van der Waals surface area contributed by atoms with Crippen molar-refractivity contribution in [2.75, 3.05) is 25.9 Å². The molecule has 1 aromatic rings. The van der Waals surface area contributed by atoms with E-state index < -0.39 is 5.60 Å². The van der Waals surface area contributed by atoms with E-state index in [2.05, 4.69) is 17.3 Å². The molecule has 0 radical (unpaired) electrons. The monoisotopic (exact) mass is 340 g/mol. The molecule has 0 saturated carbocycles. The molecule has 23 heavy (non-hydrogen) atoms. The molecule has 0 aromatic heterocycles. The average molecular weight is 340 g/mol. The van der Waals surface area contributed by atoms with Crippen molar-refractivity contribution in [3.8, 4) is 0 Å². The van der Waals surface area contributed by atoms with Gasteiger partial charge in [-0.15, -0.1) is 11.8 Å². The maximum atomic E-state index is 13.0. The minimum atomic E-state index is -0.505. The number of hydrogen-bond donors (Lipinski definition) is 1. The minimum Gasteiger partial charge on any atom is -0.444 e. The lowest BCUT2D eigenvalue weighted by atomic mass is 9.93. The van der Waals surface area contributed by atoms with Crippen LogP contribution in [-0.4, -0.2) is 48.5 Å². The third-order valence-corrected chi connectivity index (χ3v) is 4.74. The summed E-state index contributed by atoms with van der Waals surface area (Å²) < 4.78 is 18.3. The quantitative estimate of drug-likeness (QED) is 0.835. The average Bonchev–Trinajstić information content (AvgIpc) is 2.40. The Morgan fingerprint density at radius 1 is 1.39 bits per heavy atom. The third-order valence-electron chi connectivity index (χ3n) is 3.61. The number of ether oxygens (including phenoxy) is 1. The first-order chi connectivity index (χ1) is 10.7. The van der Waals surface area contributed by atoms with Crippen LogP contribution in [0.15, 0.2) is 29.2 Å². The van der Waals surface area contributed by atoms with Gasteiger partial charge in [0.05, 0.1) is 0 Å². The summed E-state index contributed by atoms with van der Waals surface area (Å²) in [6, 6.07) is 6.47. The number of halogens is 1.